The van der Waals surface area contributed by atoms with Gasteiger partial charge in [0.25, 0.3) is 10.0 Å². The Labute approximate surface area is 147 Å². The van der Waals surface area contributed by atoms with Gasteiger partial charge in [-0.1, -0.05) is 11.6 Å². The van der Waals surface area contributed by atoms with Gasteiger partial charge in [0.1, 0.15) is 5.75 Å². The summed E-state index contributed by atoms with van der Waals surface area (Å²) in [6.45, 7) is 1.96. The second-order valence-electron chi connectivity index (χ2n) is 5.64. The smallest absolute Gasteiger partial charge is 0.262 e. The number of rotatable bonds is 5. The highest BCUT2D eigenvalue weighted by molar-refractivity contribution is 7.92. The van der Waals surface area contributed by atoms with E-state index < -0.39 is 10.0 Å². The summed E-state index contributed by atoms with van der Waals surface area (Å²) >= 11 is 5.82. The van der Waals surface area contributed by atoms with E-state index in [2.05, 4.69) is 9.62 Å². The van der Waals surface area contributed by atoms with Gasteiger partial charge in [0.05, 0.1) is 17.7 Å². The van der Waals surface area contributed by atoms with Crippen molar-refractivity contribution < 1.29 is 13.2 Å². The summed E-state index contributed by atoms with van der Waals surface area (Å²) in [6, 6.07) is 11.6. The highest BCUT2D eigenvalue weighted by Crippen LogP contribution is 2.32. The molecule has 1 N–H and O–H groups in total. The average Bonchev–Trinajstić information content (AvgIpc) is 3.09. The number of nitrogens with zero attached hydrogens (tertiary/aromatic N) is 1. The lowest BCUT2D eigenvalue weighted by molar-refractivity contribution is 0.417. The van der Waals surface area contributed by atoms with Crippen LogP contribution in [0.25, 0.3) is 0 Å². The van der Waals surface area contributed by atoms with Gasteiger partial charge in [-0.25, -0.2) is 8.42 Å². The van der Waals surface area contributed by atoms with Gasteiger partial charge in [0, 0.05) is 23.8 Å². The van der Waals surface area contributed by atoms with E-state index in [1.165, 1.54) is 19.2 Å². The van der Waals surface area contributed by atoms with Gasteiger partial charge in [-0.3, -0.25) is 4.72 Å². The molecule has 0 amide bonds. The van der Waals surface area contributed by atoms with Crippen molar-refractivity contribution in [3.63, 3.8) is 0 Å². The maximum atomic E-state index is 12.6. The van der Waals surface area contributed by atoms with E-state index in [1.807, 2.05) is 12.1 Å². The van der Waals surface area contributed by atoms with Gasteiger partial charge in [0.2, 0.25) is 0 Å². The summed E-state index contributed by atoms with van der Waals surface area (Å²) in [5, 5.41) is 0.488. The first-order valence-corrected chi connectivity index (χ1v) is 9.57. The Hall–Kier alpha value is -1.92. The van der Waals surface area contributed by atoms with Crippen LogP contribution in [-0.4, -0.2) is 28.6 Å². The summed E-state index contributed by atoms with van der Waals surface area (Å²) in [6.07, 6.45) is 2.30. The summed E-state index contributed by atoms with van der Waals surface area (Å²) in [5.41, 5.74) is 1.42. The zero-order chi connectivity index (χ0) is 17.2. The fourth-order valence-electron chi connectivity index (χ4n) is 2.77. The van der Waals surface area contributed by atoms with Crippen molar-refractivity contribution in [3.8, 4) is 5.75 Å². The highest BCUT2D eigenvalue weighted by atomic mass is 35.5. The Morgan fingerprint density at radius 2 is 1.75 bits per heavy atom. The van der Waals surface area contributed by atoms with Crippen molar-refractivity contribution >= 4 is 33.0 Å². The maximum absolute atomic E-state index is 12.6. The summed E-state index contributed by atoms with van der Waals surface area (Å²) in [4.78, 5) is 2.39. The fourth-order valence-corrected chi connectivity index (χ4v) is 3.95. The molecule has 3 rings (SSSR count). The first kappa shape index (κ1) is 16.9. The summed E-state index contributed by atoms with van der Waals surface area (Å²) in [7, 11) is -2.19. The Kier molecular flexibility index (Phi) is 4.87. The lowest BCUT2D eigenvalue weighted by Gasteiger charge is -2.20. The van der Waals surface area contributed by atoms with Gasteiger partial charge in [-0.05, 0) is 55.3 Å². The fraction of sp³-hybridized carbons (Fsp3) is 0.294. The Bertz CT molecular complexity index is 816. The van der Waals surface area contributed by atoms with E-state index in [4.69, 9.17) is 16.3 Å². The molecule has 0 saturated carbocycles. The van der Waals surface area contributed by atoms with Crippen molar-refractivity contribution in [2.75, 3.05) is 29.8 Å². The molecule has 128 valence electrons. The molecular weight excluding hydrogens is 348 g/mol. The van der Waals surface area contributed by atoms with Crippen LogP contribution in [0.1, 0.15) is 12.8 Å². The number of ether oxygens (including phenoxy) is 1. The molecule has 0 atom stereocenters. The quantitative estimate of drug-likeness (QED) is 0.875. The minimum absolute atomic E-state index is 0.153. The molecule has 0 spiro atoms. The van der Waals surface area contributed by atoms with Gasteiger partial charge >= 0.3 is 0 Å². The summed E-state index contributed by atoms with van der Waals surface area (Å²) in [5.74, 6) is 0.482. The minimum Gasteiger partial charge on any atom is -0.495 e. The maximum Gasteiger partial charge on any atom is 0.262 e. The van der Waals surface area contributed by atoms with Crippen molar-refractivity contribution in [3.05, 3.63) is 47.5 Å². The molecule has 1 heterocycles. The van der Waals surface area contributed by atoms with E-state index in [1.54, 1.807) is 18.2 Å². The number of sulfonamides is 1. The number of halogens is 1. The van der Waals surface area contributed by atoms with Crippen molar-refractivity contribution in [1.29, 1.82) is 0 Å². The largest absolute Gasteiger partial charge is 0.495 e. The van der Waals surface area contributed by atoms with E-state index in [0.717, 1.165) is 31.6 Å². The molecule has 0 unspecified atom stereocenters. The molecule has 1 aliphatic rings. The van der Waals surface area contributed by atoms with Crippen LogP contribution in [0.5, 0.6) is 5.75 Å². The standard InChI is InChI=1S/C17H19ClN2O3S/c1-23-17-9-6-14(20-10-2-3-11-20)12-16(17)19-24(21,22)15-7-4-13(18)5-8-15/h4-9,12,19H,2-3,10-11H2,1H3. The van der Waals surface area contributed by atoms with Gasteiger partial charge in [-0.2, -0.15) is 0 Å². The van der Waals surface area contributed by atoms with Crippen molar-refractivity contribution in [2.45, 2.75) is 17.7 Å². The van der Waals surface area contributed by atoms with E-state index in [-0.39, 0.29) is 4.90 Å². The SMILES string of the molecule is COc1ccc(N2CCCC2)cc1NS(=O)(=O)c1ccc(Cl)cc1. The molecule has 1 aliphatic heterocycles. The Balaban J connectivity index is 1.92. The number of anilines is 2. The van der Waals surface area contributed by atoms with Gasteiger partial charge in [-0.15, -0.1) is 0 Å². The van der Waals surface area contributed by atoms with Crippen LogP contribution in [0.15, 0.2) is 47.4 Å². The topological polar surface area (TPSA) is 58.6 Å². The van der Waals surface area contributed by atoms with E-state index in [0.29, 0.717) is 16.5 Å². The minimum atomic E-state index is -3.71. The van der Waals surface area contributed by atoms with E-state index in [9.17, 15) is 8.42 Å². The van der Waals surface area contributed by atoms with E-state index >= 15 is 0 Å². The molecule has 1 saturated heterocycles. The molecule has 0 aromatic heterocycles. The third kappa shape index (κ3) is 3.60. The zero-order valence-corrected chi connectivity index (χ0v) is 14.9. The predicted octanol–water partition coefficient (Wildman–Crippen LogP) is 3.75. The number of methoxy groups -OCH3 is 1. The first-order chi connectivity index (χ1) is 11.5. The van der Waals surface area contributed by atoms with Crippen LogP contribution in [-0.2, 0) is 10.0 Å². The van der Waals surface area contributed by atoms with Crippen LogP contribution >= 0.6 is 11.6 Å². The molecule has 1 fully saturated rings. The Morgan fingerprint density at radius 3 is 2.38 bits per heavy atom. The highest BCUT2D eigenvalue weighted by Gasteiger charge is 2.19. The van der Waals surface area contributed by atoms with Crippen LogP contribution in [0.3, 0.4) is 0 Å². The molecule has 0 bridgehead atoms. The molecule has 5 nitrogen and oxygen atoms in total. The normalized spacial score (nSPS) is 14.7. The lowest BCUT2D eigenvalue weighted by Crippen LogP contribution is -2.18. The first-order valence-electron chi connectivity index (χ1n) is 7.71. The number of benzene rings is 2. The van der Waals surface area contributed by atoms with Crippen LogP contribution < -0.4 is 14.4 Å². The second-order valence-corrected chi connectivity index (χ2v) is 7.76. The molecule has 24 heavy (non-hydrogen) atoms. The molecule has 2 aromatic carbocycles. The van der Waals surface area contributed by atoms with Crippen LogP contribution in [0, 0.1) is 0 Å². The van der Waals surface area contributed by atoms with Crippen molar-refractivity contribution in [1.82, 2.24) is 0 Å². The molecular formula is C17H19ClN2O3S. The molecule has 0 aliphatic carbocycles. The van der Waals surface area contributed by atoms with Crippen LogP contribution in [0.2, 0.25) is 5.02 Å². The monoisotopic (exact) mass is 366 g/mol. The molecule has 0 radical (unpaired) electrons. The third-order valence-electron chi connectivity index (χ3n) is 4.02. The Morgan fingerprint density at radius 1 is 1.08 bits per heavy atom. The second kappa shape index (κ2) is 6.91. The summed E-state index contributed by atoms with van der Waals surface area (Å²) < 4.78 is 33.1. The zero-order valence-electron chi connectivity index (χ0n) is 13.3. The predicted molar refractivity (Wildman–Crippen MR) is 96.7 cm³/mol. The number of hydrogen-bond acceptors (Lipinski definition) is 4. The molecule has 2 aromatic rings. The number of nitrogens with one attached hydrogen (secondary N) is 1. The van der Waals surface area contributed by atoms with Gasteiger partial charge in [0.15, 0.2) is 0 Å². The lowest BCUT2D eigenvalue weighted by atomic mass is 10.2. The number of hydrogen-bond donors (Lipinski definition) is 1. The van der Waals surface area contributed by atoms with Gasteiger partial charge < -0.3 is 9.64 Å². The average molecular weight is 367 g/mol. The third-order valence-corrected chi connectivity index (χ3v) is 5.66. The van der Waals surface area contributed by atoms with Crippen LogP contribution in [0.4, 0.5) is 11.4 Å². The van der Waals surface area contributed by atoms with Crippen molar-refractivity contribution in [2.24, 2.45) is 0 Å². The molecule has 7 heteroatoms.